The van der Waals surface area contributed by atoms with Crippen molar-refractivity contribution in [3.8, 4) is 78.6 Å². The van der Waals surface area contributed by atoms with Crippen molar-refractivity contribution >= 4 is 11.0 Å². The molecule has 0 saturated carbocycles. The molecule has 4 nitrogen and oxygen atoms in total. The molecule has 2 aromatic heterocycles. The molecule has 0 bridgehead atoms. The third-order valence-corrected chi connectivity index (χ3v) is 12.9. The number of benzene rings is 7. The summed E-state index contributed by atoms with van der Waals surface area (Å²) in [7, 11) is 0. The van der Waals surface area contributed by atoms with E-state index >= 15 is 0 Å². The van der Waals surface area contributed by atoms with Gasteiger partial charge in [0.05, 0.1) is 28.0 Å². The molecule has 2 heterocycles. The minimum atomic E-state index is -2.63. The lowest BCUT2D eigenvalue weighted by Gasteiger charge is -2.27. The number of hydrogen-bond donors (Lipinski definition) is 1. The third kappa shape index (κ3) is 8.74. The van der Waals surface area contributed by atoms with Gasteiger partial charge in [-0.1, -0.05) is 172 Å². The lowest BCUT2D eigenvalue weighted by Crippen LogP contribution is -2.17. The smallest absolute Gasteiger partial charge is 0.149 e. The Balaban J connectivity index is 1.38. The second-order valence-electron chi connectivity index (χ2n) is 20.3. The maximum atomic E-state index is 12.6. The minimum absolute atomic E-state index is 0.0672. The van der Waals surface area contributed by atoms with Crippen LogP contribution in [0.15, 0.2) is 164 Å². The highest BCUT2D eigenvalue weighted by molar-refractivity contribution is 5.98. The minimum Gasteiger partial charge on any atom is -0.507 e. The Morgan fingerprint density at radius 3 is 1.81 bits per heavy atom. The number of fused-ring (bicyclic) bond motifs is 1. The fourth-order valence-corrected chi connectivity index (χ4v) is 9.28. The lowest BCUT2D eigenvalue weighted by molar-refractivity contribution is 0.446. The normalized spacial score (nSPS) is 13.7. The molecule has 336 valence electrons. The standard InChI is InChI=1S/C63H63N3O/c1-39(2)50-24-18-25-51(40(3)4)58(50)45-28-29-56(41(5)32-45)66-57-27-19-26-52(59(57)65-61(66)53-37-49(62(6,7)8)38-54(60(53)67)63(9,10)11)47-33-46(43-22-16-13-17-23-43)34-48(35-47)55-36-44(30-31-64-55)42-20-14-12-15-21-42/h12-40,67H,1-11H3/i5D3,39D,40D. The van der Waals surface area contributed by atoms with E-state index in [1.54, 1.807) is 6.07 Å². The highest BCUT2D eigenvalue weighted by atomic mass is 16.3. The van der Waals surface area contributed by atoms with Gasteiger partial charge in [-0.25, -0.2) is 4.98 Å². The van der Waals surface area contributed by atoms with E-state index in [-0.39, 0.29) is 16.7 Å². The van der Waals surface area contributed by atoms with Crippen molar-refractivity contribution in [3.05, 3.63) is 192 Å². The first-order chi connectivity index (χ1) is 33.8. The number of hydrogen-bond acceptors (Lipinski definition) is 3. The Morgan fingerprint density at radius 1 is 0.552 bits per heavy atom. The summed E-state index contributed by atoms with van der Waals surface area (Å²) in [5, 5.41) is 12.6. The number of aromatic hydroxyl groups is 1. The van der Waals surface area contributed by atoms with E-state index in [4.69, 9.17) is 9.97 Å². The number of pyridine rings is 1. The summed E-state index contributed by atoms with van der Waals surface area (Å²) < 4.78 is 47.9. The number of phenols is 1. The SMILES string of the molecule is [2H]C([2H])([2H])c1cc(-c2c(C([2H])(C)C)cccc2C([2H])(C)C)ccc1-n1c(-c2cc(C(C)(C)C)cc(C(C)(C)C)c2O)nc2c(-c3cc(-c4ccccc4)cc(-c4cc(-c5ccccc5)ccn4)c3)cccc21. The predicted molar refractivity (Wildman–Crippen MR) is 283 cm³/mol. The molecular formula is C63H63N3O. The molecule has 4 heteroatoms. The molecule has 67 heavy (non-hydrogen) atoms. The lowest BCUT2D eigenvalue weighted by atomic mass is 9.79. The van der Waals surface area contributed by atoms with E-state index < -0.39 is 24.1 Å². The Hall–Kier alpha value is -7.04. The first-order valence-corrected chi connectivity index (χ1v) is 23.2. The van der Waals surface area contributed by atoms with Crippen molar-refractivity contribution in [1.29, 1.82) is 0 Å². The van der Waals surface area contributed by atoms with E-state index in [1.807, 2.05) is 129 Å². The van der Waals surface area contributed by atoms with Crippen LogP contribution in [0.2, 0.25) is 0 Å². The number of imidazole rings is 1. The summed E-state index contributed by atoms with van der Waals surface area (Å²) in [5.74, 6) is -1.65. The van der Waals surface area contributed by atoms with E-state index in [0.717, 1.165) is 55.8 Å². The molecule has 0 fully saturated rings. The van der Waals surface area contributed by atoms with Crippen LogP contribution in [0.5, 0.6) is 5.75 Å². The van der Waals surface area contributed by atoms with Gasteiger partial charge in [-0.15, -0.1) is 0 Å². The summed E-state index contributed by atoms with van der Waals surface area (Å²) in [4.78, 5) is 10.5. The second kappa shape index (κ2) is 17.6. The molecule has 0 amide bonds. The molecule has 1 N–H and O–H groups in total. The number of aromatic nitrogens is 3. The zero-order chi connectivity index (χ0) is 51.7. The van der Waals surface area contributed by atoms with Crippen LogP contribution in [0, 0.1) is 6.85 Å². The molecule has 0 radical (unpaired) electrons. The molecule has 9 aromatic rings. The Bertz CT molecular complexity index is 3460. The molecule has 0 aliphatic carbocycles. The van der Waals surface area contributed by atoms with Crippen molar-refractivity contribution in [1.82, 2.24) is 14.5 Å². The Morgan fingerprint density at radius 2 is 1.18 bits per heavy atom. The summed E-state index contributed by atoms with van der Waals surface area (Å²) in [6.07, 6.45) is 1.85. The molecule has 9 rings (SSSR count). The van der Waals surface area contributed by atoms with Gasteiger partial charge in [0.2, 0.25) is 0 Å². The van der Waals surface area contributed by atoms with Gasteiger partial charge < -0.3 is 5.11 Å². The largest absolute Gasteiger partial charge is 0.507 e. The number of nitrogens with zero attached hydrogens (tertiary/aromatic N) is 3. The Kier molecular flexibility index (Phi) is 10.3. The first-order valence-electron chi connectivity index (χ1n) is 25.7. The van der Waals surface area contributed by atoms with Crippen molar-refractivity contribution in [2.24, 2.45) is 0 Å². The predicted octanol–water partition coefficient (Wildman–Crippen LogP) is 17.3. The van der Waals surface area contributed by atoms with Crippen molar-refractivity contribution in [2.45, 2.75) is 98.7 Å². The molecule has 0 aliphatic heterocycles. The summed E-state index contributed by atoms with van der Waals surface area (Å²) in [6, 6.07) is 52.3. The zero-order valence-corrected chi connectivity index (χ0v) is 40.4. The molecule has 0 saturated heterocycles. The van der Waals surface area contributed by atoms with E-state index in [2.05, 4.69) is 102 Å². The molecule has 0 atom stereocenters. The molecule has 0 spiro atoms. The van der Waals surface area contributed by atoms with Gasteiger partial charge in [0, 0.05) is 29.7 Å². The fourth-order valence-electron chi connectivity index (χ4n) is 9.28. The maximum absolute atomic E-state index is 12.6. The first kappa shape index (κ1) is 39.2. The highest BCUT2D eigenvalue weighted by Gasteiger charge is 2.29. The van der Waals surface area contributed by atoms with Gasteiger partial charge in [-0.05, 0) is 145 Å². The van der Waals surface area contributed by atoms with Crippen molar-refractivity contribution in [2.75, 3.05) is 0 Å². The summed E-state index contributed by atoms with van der Waals surface area (Å²) in [6.45, 7) is 17.3. The van der Waals surface area contributed by atoms with Crippen LogP contribution in [0.3, 0.4) is 0 Å². The number of phenolic OH excluding ortho intramolecular Hbond substituents is 1. The molecular weight excluding hydrogens is 815 g/mol. The van der Waals surface area contributed by atoms with Crippen molar-refractivity contribution < 1.29 is 12.0 Å². The van der Waals surface area contributed by atoms with Crippen LogP contribution in [0.25, 0.3) is 83.9 Å². The van der Waals surface area contributed by atoms with Gasteiger partial charge in [0.1, 0.15) is 11.6 Å². The fraction of sp³-hybridized carbons (Fsp3) is 0.238. The van der Waals surface area contributed by atoms with E-state index in [9.17, 15) is 12.0 Å². The maximum Gasteiger partial charge on any atom is 0.149 e. The number of rotatable bonds is 9. The summed E-state index contributed by atoms with van der Waals surface area (Å²) >= 11 is 0. The van der Waals surface area contributed by atoms with Crippen LogP contribution in [-0.4, -0.2) is 19.6 Å². The van der Waals surface area contributed by atoms with Gasteiger partial charge in [0.25, 0.3) is 0 Å². The van der Waals surface area contributed by atoms with E-state index in [0.29, 0.717) is 50.4 Å². The van der Waals surface area contributed by atoms with Crippen LogP contribution >= 0.6 is 0 Å². The number of para-hydroxylation sites is 1. The topological polar surface area (TPSA) is 50.9 Å². The van der Waals surface area contributed by atoms with Crippen LogP contribution < -0.4 is 0 Å². The molecule has 7 aromatic carbocycles. The van der Waals surface area contributed by atoms with Gasteiger partial charge in [-0.2, -0.15) is 0 Å². The van der Waals surface area contributed by atoms with E-state index in [1.165, 1.54) is 0 Å². The van der Waals surface area contributed by atoms with Crippen molar-refractivity contribution in [3.63, 3.8) is 0 Å². The highest BCUT2D eigenvalue weighted by Crippen LogP contribution is 2.46. The zero-order valence-electron chi connectivity index (χ0n) is 45.4. The number of aryl methyl sites for hydroxylation is 1. The quantitative estimate of drug-likeness (QED) is 0.157. The van der Waals surface area contributed by atoms with Crippen LogP contribution in [0.1, 0.15) is 116 Å². The van der Waals surface area contributed by atoms with Gasteiger partial charge in [-0.3, -0.25) is 9.55 Å². The second-order valence-corrected chi connectivity index (χ2v) is 20.3. The average molecular weight is 883 g/mol. The Labute approximate surface area is 405 Å². The van der Waals surface area contributed by atoms with Gasteiger partial charge >= 0.3 is 0 Å². The van der Waals surface area contributed by atoms with Crippen LogP contribution in [-0.2, 0) is 10.8 Å². The average Bonchev–Trinajstić information content (AvgIpc) is 3.72. The summed E-state index contributed by atoms with van der Waals surface area (Å²) in [5.41, 5.74) is 13.4. The van der Waals surface area contributed by atoms with Crippen LogP contribution in [0.4, 0.5) is 0 Å². The molecule has 0 aliphatic rings. The third-order valence-electron chi connectivity index (χ3n) is 12.9. The molecule has 0 unspecified atom stereocenters. The van der Waals surface area contributed by atoms with Gasteiger partial charge in [0.15, 0.2) is 0 Å². The monoisotopic (exact) mass is 883 g/mol.